The van der Waals surface area contributed by atoms with Crippen molar-refractivity contribution in [1.82, 2.24) is 20.2 Å². The maximum atomic E-state index is 5.54. The van der Waals surface area contributed by atoms with E-state index in [1.165, 1.54) is 25.9 Å². The molecule has 0 unspecified atom stereocenters. The molecular weight excluding hydrogens is 352 g/mol. The maximum Gasteiger partial charge on any atom is 0.229 e. The van der Waals surface area contributed by atoms with Crippen molar-refractivity contribution < 1.29 is 4.74 Å². The molecule has 7 heteroatoms. The van der Waals surface area contributed by atoms with Crippen LogP contribution in [0.25, 0.3) is 0 Å². The smallest absolute Gasteiger partial charge is 0.229 e. The molecule has 0 spiro atoms. The highest BCUT2D eigenvalue weighted by molar-refractivity contribution is 5.58. The number of methoxy groups -OCH3 is 1. The van der Waals surface area contributed by atoms with Gasteiger partial charge in [0.2, 0.25) is 5.95 Å². The van der Waals surface area contributed by atoms with E-state index in [0.717, 1.165) is 41.6 Å². The van der Waals surface area contributed by atoms with Crippen molar-refractivity contribution in [3.63, 3.8) is 0 Å². The topological polar surface area (TPSA) is 74.3 Å². The normalized spacial score (nSPS) is 15.4. The lowest BCUT2D eigenvalue weighted by Crippen LogP contribution is -2.38. The second kappa shape index (κ2) is 9.71. The van der Waals surface area contributed by atoms with Crippen LogP contribution >= 0.6 is 0 Å². The third kappa shape index (κ3) is 5.33. The first kappa shape index (κ1) is 20.4. The molecule has 7 nitrogen and oxygen atoms in total. The van der Waals surface area contributed by atoms with Crippen molar-refractivity contribution in [3.8, 4) is 5.75 Å². The Morgan fingerprint density at radius 2 is 1.96 bits per heavy atom. The quantitative estimate of drug-likeness (QED) is 0.613. The van der Waals surface area contributed by atoms with Crippen LogP contribution in [-0.2, 0) is 6.54 Å². The predicted octanol–water partition coefficient (Wildman–Crippen LogP) is 3.15. The molecular formula is C21H32N6O. The fraction of sp³-hybridized carbons (Fsp3) is 0.524. The van der Waals surface area contributed by atoms with Crippen molar-refractivity contribution in [1.29, 1.82) is 0 Å². The third-order valence-corrected chi connectivity index (χ3v) is 5.17. The Morgan fingerprint density at radius 1 is 1.18 bits per heavy atom. The second-order valence-electron chi connectivity index (χ2n) is 7.34. The third-order valence-electron chi connectivity index (χ3n) is 5.17. The molecule has 1 aliphatic heterocycles. The van der Waals surface area contributed by atoms with Crippen LogP contribution in [-0.4, -0.2) is 54.7 Å². The first-order valence-electron chi connectivity index (χ1n) is 10.0. The molecule has 1 atom stereocenters. The van der Waals surface area contributed by atoms with Gasteiger partial charge in [-0.2, -0.15) is 4.98 Å². The first-order valence-corrected chi connectivity index (χ1v) is 10.0. The van der Waals surface area contributed by atoms with Crippen molar-refractivity contribution in [2.24, 2.45) is 0 Å². The molecule has 0 amide bonds. The summed E-state index contributed by atoms with van der Waals surface area (Å²) in [6.07, 6.45) is 2.64. The summed E-state index contributed by atoms with van der Waals surface area (Å²) in [5.74, 6) is 2.25. The van der Waals surface area contributed by atoms with E-state index in [1.807, 2.05) is 32.2 Å². The van der Waals surface area contributed by atoms with E-state index in [4.69, 9.17) is 4.74 Å². The van der Waals surface area contributed by atoms with Gasteiger partial charge in [-0.25, -0.2) is 4.98 Å². The van der Waals surface area contributed by atoms with Gasteiger partial charge in [-0.05, 0) is 58.0 Å². The average Bonchev–Trinajstić information content (AvgIpc) is 3.22. The molecule has 1 aromatic carbocycles. The number of rotatable bonds is 9. The summed E-state index contributed by atoms with van der Waals surface area (Å²) in [6, 6.07) is 8.53. The zero-order chi connectivity index (χ0) is 19.9. The lowest BCUT2D eigenvalue weighted by atomic mass is 10.1. The van der Waals surface area contributed by atoms with Crippen LogP contribution in [0.5, 0.6) is 5.75 Å². The number of likely N-dealkylation sites (tertiary alicyclic amines) is 1. The number of ether oxygens (including phenoxy) is 1. The van der Waals surface area contributed by atoms with Crippen LogP contribution in [0.15, 0.2) is 24.3 Å². The first-order chi connectivity index (χ1) is 13.6. The monoisotopic (exact) mass is 384 g/mol. The Kier molecular flexibility index (Phi) is 7.06. The molecule has 0 saturated carbocycles. The van der Waals surface area contributed by atoms with Crippen molar-refractivity contribution in [3.05, 3.63) is 35.5 Å². The molecule has 0 aliphatic carbocycles. The number of aromatic nitrogens is 2. The molecule has 3 rings (SSSR count). The number of hydrogen-bond acceptors (Lipinski definition) is 7. The fourth-order valence-corrected chi connectivity index (χ4v) is 3.60. The van der Waals surface area contributed by atoms with Gasteiger partial charge in [0.1, 0.15) is 11.6 Å². The Balaban J connectivity index is 1.65. The number of nitrogens with one attached hydrogen (secondary N) is 3. The Bertz CT molecular complexity index is 775. The van der Waals surface area contributed by atoms with E-state index in [2.05, 4.69) is 43.8 Å². The van der Waals surface area contributed by atoms with Gasteiger partial charge in [0.15, 0.2) is 0 Å². The lowest BCUT2D eigenvalue weighted by Gasteiger charge is -2.24. The van der Waals surface area contributed by atoms with Crippen LogP contribution in [0.3, 0.4) is 0 Å². The second-order valence-corrected chi connectivity index (χ2v) is 7.34. The molecule has 28 heavy (non-hydrogen) atoms. The predicted molar refractivity (Wildman–Crippen MR) is 115 cm³/mol. The molecule has 2 heterocycles. The Labute approximate surface area is 167 Å². The summed E-state index contributed by atoms with van der Waals surface area (Å²) >= 11 is 0. The molecule has 1 aliphatic rings. The minimum atomic E-state index is 0.551. The zero-order valence-corrected chi connectivity index (χ0v) is 17.4. The van der Waals surface area contributed by atoms with Crippen LogP contribution in [0.4, 0.5) is 17.5 Å². The molecule has 2 aromatic rings. The number of aryl methyl sites for hydroxylation is 1. The van der Waals surface area contributed by atoms with E-state index < -0.39 is 0 Å². The van der Waals surface area contributed by atoms with Crippen molar-refractivity contribution in [2.45, 2.75) is 39.3 Å². The summed E-state index contributed by atoms with van der Waals surface area (Å²) < 4.78 is 5.54. The maximum absolute atomic E-state index is 5.54. The largest absolute Gasteiger partial charge is 0.496 e. The standard InChI is InChI=1S/C21H32N6O/c1-15-11-20(22-3)26-21(24-15)25-18-7-8-19(28-4)17(12-18)14-23-13-16(2)27-9-5-6-10-27/h7-8,11-12,16,23H,5-6,9-10,13-14H2,1-4H3,(H2,22,24,25,26)/t16-/m0/s1. The van der Waals surface area contributed by atoms with Gasteiger partial charge in [0.25, 0.3) is 0 Å². The van der Waals surface area contributed by atoms with Crippen LogP contribution in [0.1, 0.15) is 31.0 Å². The van der Waals surface area contributed by atoms with Crippen LogP contribution in [0.2, 0.25) is 0 Å². The van der Waals surface area contributed by atoms with Crippen molar-refractivity contribution in [2.75, 3.05) is 44.4 Å². The van der Waals surface area contributed by atoms with Crippen molar-refractivity contribution >= 4 is 17.5 Å². The van der Waals surface area contributed by atoms with E-state index in [-0.39, 0.29) is 0 Å². The van der Waals surface area contributed by atoms with E-state index in [9.17, 15) is 0 Å². The molecule has 152 valence electrons. The van der Waals surface area contributed by atoms with E-state index >= 15 is 0 Å². The van der Waals surface area contributed by atoms with Gasteiger partial charge in [-0.15, -0.1) is 0 Å². The molecule has 1 saturated heterocycles. The van der Waals surface area contributed by atoms with Gasteiger partial charge in [-0.3, -0.25) is 4.90 Å². The summed E-state index contributed by atoms with van der Waals surface area (Å²) in [4.78, 5) is 11.5. The summed E-state index contributed by atoms with van der Waals surface area (Å²) in [6.45, 7) is 8.41. The average molecular weight is 385 g/mol. The minimum Gasteiger partial charge on any atom is -0.496 e. The molecule has 3 N–H and O–H groups in total. The number of benzene rings is 1. The highest BCUT2D eigenvalue weighted by atomic mass is 16.5. The van der Waals surface area contributed by atoms with Gasteiger partial charge in [0.05, 0.1) is 7.11 Å². The Hall–Kier alpha value is -2.38. The molecule has 1 aromatic heterocycles. The minimum absolute atomic E-state index is 0.551. The molecule has 0 bridgehead atoms. The zero-order valence-electron chi connectivity index (χ0n) is 17.4. The van der Waals surface area contributed by atoms with Gasteiger partial charge in [0, 0.05) is 49.2 Å². The van der Waals surface area contributed by atoms with Gasteiger partial charge < -0.3 is 20.7 Å². The van der Waals surface area contributed by atoms with Gasteiger partial charge in [-0.1, -0.05) is 0 Å². The summed E-state index contributed by atoms with van der Waals surface area (Å²) in [5, 5.41) is 9.94. The number of anilines is 3. The molecule has 0 radical (unpaired) electrons. The van der Waals surface area contributed by atoms with Crippen LogP contribution in [0, 0.1) is 6.92 Å². The summed E-state index contributed by atoms with van der Waals surface area (Å²) in [5.41, 5.74) is 2.97. The van der Waals surface area contributed by atoms with Gasteiger partial charge >= 0.3 is 0 Å². The van der Waals surface area contributed by atoms with E-state index in [0.29, 0.717) is 12.0 Å². The van der Waals surface area contributed by atoms with Crippen LogP contribution < -0.4 is 20.7 Å². The highest BCUT2D eigenvalue weighted by Crippen LogP contribution is 2.24. The fourth-order valence-electron chi connectivity index (χ4n) is 3.60. The highest BCUT2D eigenvalue weighted by Gasteiger charge is 2.17. The molecule has 1 fully saturated rings. The lowest BCUT2D eigenvalue weighted by molar-refractivity contribution is 0.251. The number of nitrogens with zero attached hydrogens (tertiary/aromatic N) is 3. The summed E-state index contributed by atoms with van der Waals surface area (Å²) in [7, 11) is 3.56. The SMILES string of the molecule is CNc1cc(C)nc(Nc2ccc(OC)c(CNC[C@H](C)N3CCCC3)c2)n1. The Morgan fingerprint density at radius 3 is 2.68 bits per heavy atom. The van der Waals surface area contributed by atoms with E-state index in [1.54, 1.807) is 7.11 Å². The number of hydrogen-bond donors (Lipinski definition) is 3.